The molecular formula is C17H17N5O. The van der Waals surface area contributed by atoms with Crippen molar-refractivity contribution in [2.45, 2.75) is 26.9 Å². The van der Waals surface area contributed by atoms with E-state index >= 15 is 0 Å². The number of fused-ring (bicyclic) bond motifs is 1. The summed E-state index contributed by atoms with van der Waals surface area (Å²) in [6, 6.07) is 8.10. The van der Waals surface area contributed by atoms with E-state index in [1.54, 1.807) is 6.20 Å². The van der Waals surface area contributed by atoms with E-state index in [0.29, 0.717) is 6.54 Å². The van der Waals surface area contributed by atoms with Gasteiger partial charge in [-0.15, -0.1) is 5.10 Å². The van der Waals surface area contributed by atoms with E-state index < -0.39 is 0 Å². The number of hydrogen-bond donors (Lipinski definition) is 0. The first-order valence-corrected chi connectivity index (χ1v) is 7.58. The third kappa shape index (κ3) is 2.52. The molecule has 0 saturated carbocycles. The van der Waals surface area contributed by atoms with Crippen molar-refractivity contribution >= 4 is 11.0 Å². The Kier molecular flexibility index (Phi) is 3.22. The van der Waals surface area contributed by atoms with Gasteiger partial charge < -0.3 is 4.42 Å². The Morgan fingerprint density at radius 1 is 1.13 bits per heavy atom. The summed E-state index contributed by atoms with van der Waals surface area (Å²) in [5.41, 5.74) is 3.96. The van der Waals surface area contributed by atoms with Crippen LogP contribution < -0.4 is 0 Å². The van der Waals surface area contributed by atoms with E-state index in [1.807, 2.05) is 33.9 Å². The highest BCUT2D eigenvalue weighted by Gasteiger charge is 2.15. The van der Waals surface area contributed by atoms with Crippen LogP contribution in [-0.4, -0.2) is 24.8 Å². The highest BCUT2D eigenvalue weighted by molar-refractivity contribution is 5.87. The molecule has 0 aliphatic rings. The molecule has 0 amide bonds. The molecule has 0 bridgehead atoms. The number of furan rings is 1. The molecule has 0 fully saturated rings. The van der Waals surface area contributed by atoms with E-state index in [2.05, 4.69) is 41.4 Å². The maximum absolute atomic E-state index is 5.97. The van der Waals surface area contributed by atoms with Crippen LogP contribution in [0.2, 0.25) is 0 Å². The van der Waals surface area contributed by atoms with Crippen LogP contribution in [0.3, 0.4) is 0 Å². The summed E-state index contributed by atoms with van der Waals surface area (Å²) in [7, 11) is 0. The molecule has 23 heavy (non-hydrogen) atoms. The summed E-state index contributed by atoms with van der Waals surface area (Å²) < 4.78 is 9.66. The van der Waals surface area contributed by atoms with Crippen molar-refractivity contribution in [2.75, 3.05) is 0 Å². The van der Waals surface area contributed by atoms with E-state index in [-0.39, 0.29) is 0 Å². The first-order chi connectivity index (χ1) is 11.2. The summed E-state index contributed by atoms with van der Waals surface area (Å²) in [5.74, 6) is 0.788. The Morgan fingerprint density at radius 2 is 2.00 bits per heavy atom. The molecule has 6 heteroatoms. The van der Waals surface area contributed by atoms with Crippen molar-refractivity contribution in [2.24, 2.45) is 0 Å². The molecule has 0 aliphatic carbocycles. The maximum Gasteiger partial charge on any atom is 0.160 e. The minimum absolute atomic E-state index is 0.715. The smallest absolute Gasteiger partial charge is 0.160 e. The highest BCUT2D eigenvalue weighted by Crippen LogP contribution is 2.32. The van der Waals surface area contributed by atoms with Crippen molar-refractivity contribution in [1.29, 1.82) is 0 Å². The van der Waals surface area contributed by atoms with Crippen molar-refractivity contribution < 1.29 is 4.42 Å². The van der Waals surface area contributed by atoms with Gasteiger partial charge in [-0.2, -0.15) is 5.10 Å². The van der Waals surface area contributed by atoms with Gasteiger partial charge in [0.1, 0.15) is 11.3 Å². The van der Waals surface area contributed by atoms with Gasteiger partial charge in [-0.3, -0.25) is 4.68 Å². The van der Waals surface area contributed by atoms with Gasteiger partial charge in [-0.05, 0) is 32.0 Å². The lowest BCUT2D eigenvalue weighted by molar-refractivity contribution is 0.490. The molecule has 0 radical (unpaired) electrons. The molecule has 4 aromatic rings. The van der Waals surface area contributed by atoms with Crippen LogP contribution in [0.5, 0.6) is 0 Å². The lowest BCUT2D eigenvalue weighted by atomic mass is 10.1. The van der Waals surface area contributed by atoms with Crippen molar-refractivity contribution in [3.05, 3.63) is 54.0 Å². The third-order valence-corrected chi connectivity index (χ3v) is 3.98. The molecule has 4 rings (SSSR count). The molecule has 6 nitrogen and oxygen atoms in total. The van der Waals surface area contributed by atoms with Gasteiger partial charge >= 0.3 is 0 Å². The zero-order chi connectivity index (χ0) is 15.8. The second-order valence-corrected chi connectivity index (χ2v) is 5.69. The number of nitrogens with zero attached hydrogens (tertiary/aromatic N) is 5. The monoisotopic (exact) mass is 307 g/mol. The lowest BCUT2D eigenvalue weighted by Gasteiger charge is -2.00. The SMILES string of the molecule is Cc1ccc2oc(-c3cn(CCn4cccn4)nn3)c(C)c2c1. The molecule has 3 aromatic heterocycles. The molecule has 0 N–H and O–H groups in total. The van der Waals surface area contributed by atoms with Crippen LogP contribution in [0.4, 0.5) is 0 Å². The van der Waals surface area contributed by atoms with Crippen LogP contribution in [0.25, 0.3) is 22.4 Å². The van der Waals surface area contributed by atoms with Gasteiger partial charge in [0.25, 0.3) is 0 Å². The van der Waals surface area contributed by atoms with Crippen LogP contribution in [-0.2, 0) is 13.1 Å². The Balaban J connectivity index is 1.62. The molecule has 1 aromatic carbocycles. The highest BCUT2D eigenvalue weighted by atomic mass is 16.3. The standard InChI is InChI=1S/C17H17N5O/c1-12-4-5-16-14(10-12)13(2)17(23-16)15-11-22(20-19-15)9-8-21-7-3-6-18-21/h3-7,10-11H,8-9H2,1-2H3. The minimum Gasteiger partial charge on any atom is -0.454 e. The summed E-state index contributed by atoms with van der Waals surface area (Å²) in [5, 5.41) is 13.8. The van der Waals surface area contributed by atoms with Gasteiger partial charge in [0.2, 0.25) is 0 Å². The topological polar surface area (TPSA) is 61.7 Å². The van der Waals surface area contributed by atoms with Crippen LogP contribution >= 0.6 is 0 Å². The fraction of sp³-hybridized carbons (Fsp3) is 0.235. The normalized spacial score (nSPS) is 11.4. The Labute approximate surface area is 133 Å². The average molecular weight is 307 g/mol. The van der Waals surface area contributed by atoms with Crippen LogP contribution in [0.15, 0.2) is 47.3 Å². The molecule has 0 aliphatic heterocycles. The van der Waals surface area contributed by atoms with Gasteiger partial charge in [0.15, 0.2) is 5.76 Å². The fourth-order valence-electron chi connectivity index (χ4n) is 2.73. The Hall–Kier alpha value is -2.89. The lowest BCUT2D eigenvalue weighted by Crippen LogP contribution is -2.08. The fourth-order valence-corrected chi connectivity index (χ4v) is 2.73. The number of benzene rings is 1. The van der Waals surface area contributed by atoms with Crippen molar-refractivity contribution in [1.82, 2.24) is 24.8 Å². The summed E-state index contributed by atoms with van der Waals surface area (Å²) in [6.07, 6.45) is 5.62. The van der Waals surface area contributed by atoms with Crippen molar-refractivity contribution in [3.8, 4) is 11.5 Å². The summed E-state index contributed by atoms with van der Waals surface area (Å²) >= 11 is 0. The van der Waals surface area contributed by atoms with Crippen LogP contribution in [0, 0.1) is 13.8 Å². The zero-order valence-electron chi connectivity index (χ0n) is 13.1. The first kappa shape index (κ1) is 13.8. The number of rotatable bonds is 4. The Bertz CT molecular complexity index is 949. The van der Waals surface area contributed by atoms with E-state index in [9.17, 15) is 0 Å². The molecule has 0 spiro atoms. The predicted molar refractivity (Wildman–Crippen MR) is 86.9 cm³/mol. The zero-order valence-corrected chi connectivity index (χ0v) is 13.1. The third-order valence-electron chi connectivity index (χ3n) is 3.98. The van der Waals surface area contributed by atoms with Gasteiger partial charge in [-0.1, -0.05) is 16.8 Å². The predicted octanol–water partition coefficient (Wildman–Crippen LogP) is 3.20. The minimum atomic E-state index is 0.715. The molecule has 3 heterocycles. The summed E-state index contributed by atoms with van der Waals surface area (Å²) in [4.78, 5) is 0. The number of aryl methyl sites for hydroxylation is 4. The largest absolute Gasteiger partial charge is 0.454 e. The molecule has 0 saturated heterocycles. The molecular weight excluding hydrogens is 290 g/mol. The van der Waals surface area contributed by atoms with E-state index in [1.165, 1.54) is 5.56 Å². The number of aromatic nitrogens is 5. The van der Waals surface area contributed by atoms with Gasteiger partial charge in [-0.25, -0.2) is 4.68 Å². The van der Waals surface area contributed by atoms with Crippen molar-refractivity contribution in [3.63, 3.8) is 0 Å². The number of hydrogen-bond acceptors (Lipinski definition) is 4. The first-order valence-electron chi connectivity index (χ1n) is 7.58. The van der Waals surface area contributed by atoms with Crippen LogP contribution in [0.1, 0.15) is 11.1 Å². The molecule has 116 valence electrons. The van der Waals surface area contributed by atoms with E-state index in [0.717, 1.165) is 34.5 Å². The molecule has 0 atom stereocenters. The maximum atomic E-state index is 5.97. The summed E-state index contributed by atoms with van der Waals surface area (Å²) in [6.45, 7) is 5.61. The Morgan fingerprint density at radius 3 is 2.83 bits per heavy atom. The van der Waals surface area contributed by atoms with E-state index in [4.69, 9.17) is 4.42 Å². The average Bonchev–Trinajstić information content (AvgIpc) is 3.26. The van der Waals surface area contributed by atoms with Gasteiger partial charge in [0.05, 0.1) is 19.3 Å². The molecule has 0 unspecified atom stereocenters. The van der Waals surface area contributed by atoms with Gasteiger partial charge in [0, 0.05) is 23.3 Å². The quantitative estimate of drug-likeness (QED) is 0.581. The second kappa shape index (κ2) is 5.39. The second-order valence-electron chi connectivity index (χ2n) is 5.69.